The molecule has 3 rings (SSSR count). The Balaban J connectivity index is 1.51. The molecule has 2 aromatic rings. The Bertz CT molecular complexity index is 660. The Hall–Kier alpha value is -2.28. The molecule has 0 bridgehead atoms. The van der Waals surface area contributed by atoms with Crippen molar-refractivity contribution in [2.24, 2.45) is 0 Å². The Morgan fingerprint density at radius 3 is 2.50 bits per heavy atom. The summed E-state index contributed by atoms with van der Waals surface area (Å²) in [4.78, 5) is 24.9. The fraction of sp³-hybridized carbons (Fsp3) is 0.467. The molecule has 0 saturated carbocycles. The SMILES string of the molecule is Cc1cnc(N2CCN(CCn3ncccc3=O)CC2)nc1. The van der Waals surface area contributed by atoms with Crippen LogP contribution in [0.1, 0.15) is 5.56 Å². The maximum atomic E-state index is 11.6. The first-order valence-electron chi connectivity index (χ1n) is 7.50. The molecule has 1 aliphatic rings. The van der Waals surface area contributed by atoms with E-state index in [0.717, 1.165) is 44.2 Å². The number of aryl methyl sites for hydroxylation is 1. The van der Waals surface area contributed by atoms with Crippen LogP contribution in [0.4, 0.5) is 5.95 Å². The maximum Gasteiger partial charge on any atom is 0.266 e. The van der Waals surface area contributed by atoms with E-state index in [-0.39, 0.29) is 5.56 Å². The summed E-state index contributed by atoms with van der Waals surface area (Å²) in [6.07, 6.45) is 5.35. The molecular formula is C15H20N6O. The summed E-state index contributed by atoms with van der Waals surface area (Å²) >= 11 is 0. The molecule has 1 saturated heterocycles. The van der Waals surface area contributed by atoms with Gasteiger partial charge in [-0.3, -0.25) is 9.69 Å². The van der Waals surface area contributed by atoms with Gasteiger partial charge in [0.05, 0.1) is 6.54 Å². The molecular weight excluding hydrogens is 280 g/mol. The van der Waals surface area contributed by atoms with E-state index in [4.69, 9.17) is 0 Å². The Labute approximate surface area is 129 Å². The molecule has 3 heterocycles. The van der Waals surface area contributed by atoms with Gasteiger partial charge in [0, 0.05) is 57.4 Å². The van der Waals surface area contributed by atoms with Crippen molar-refractivity contribution < 1.29 is 0 Å². The Kier molecular flexibility index (Phi) is 4.43. The molecule has 0 N–H and O–H groups in total. The molecule has 0 unspecified atom stereocenters. The van der Waals surface area contributed by atoms with Gasteiger partial charge in [-0.25, -0.2) is 14.6 Å². The van der Waals surface area contributed by atoms with Crippen molar-refractivity contribution >= 4 is 5.95 Å². The fourth-order valence-electron chi connectivity index (χ4n) is 2.51. The molecule has 2 aromatic heterocycles. The molecule has 1 aliphatic heterocycles. The highest BCUT2D eigenvalue weighted by Gasteiger charge is 2.18. The van der Waals surface area contributed by atoms with Crippen LogP contribution in [0, 0.1) is 6.92 Å². The summed E-state index contributed by atoms with van der Waals surface area (Å²) in [5.41, 5.74) is 1.03. The molecule has 0 amide bonds. The van der Waals surface area contributed by atoms with E-state index in [0.29, 0.717) is 6.54 Å². The van der Waals surface area contributed by atoms with E-state index >= 15 is 0 Å². The number of nitrogens with zero attached hydrogens (tertiary/aromatic N) is 6. The van der Waals surface area contributed by atoms with Crippen molar-refractivity contribution in [3.8, 4) is 0 Å². The van der Waals surface area contributed by atoms with Gasteiger partial charge in [-0.05, 0) is 18.6 Å². The highest BCUT2D eigenvalue weighted by Crippen LogP contribution is 2.10. The Morgan fingerprint density at radius 1 is 1.09 bits per heavy atom. The average molecular weight is 300 g/mol. The van der Waals surface area contributed by atoms with Crippen molar-refractivity contribution in [1.82, 2.24) is 24.6 Å². The lowest BCUT2D eigenvalue weighted by Gasteiger charge is -2.34. The molecule has 0 radical (unpaired) electrons. The van der Waals surface area contributed by atoms with E-state index < -0.39 is 0 Å². The van der Waals surface area contributed by atoms with Gasteiger partial charge in [-0.15, -0.1) is 0 Å². The van der Waals surface area contributed by atoms with Gasteiger partial charge in [-0.2, -0.15) is 5.10 Å². The monoisotopic (exact) mass is 300 g/mol. The smallest absolute Gasteiger partial charge is 0.266 e. The van der Waals surface area contributed by atoms with Crippen molar-refractivity contribution in [2.45, 2.75) is 13.5 Å². The first-order valence-corrected chi connectivity index (χ1v) is 7.50. The zero-order chi connectivity index (χ0) is 15.4. The molecule has 0 atom stereocenters. The van der Waals surface area contributed by atoms with E-state index in [9.17, 15) is 4.79 Å². The highest BCUT2D eigenvalue weighted by atomic mass is 16.1. The van der Waals surface area contributed by atoms with Crippen LogP contribution in [0.2, 0.25) is 0 Å². The van der Waals surface area contributed by atoms with Crippen LogP contribution in [-0.2, 0) is 6.54 Å². The average Bonchev–Trinajstić information content (AvgIpc) is 2.55. The first kappa shape index (κ1) is 14.6. The van der Waals surface area contributed by atoms with Crippen LogP contribution in [0.3, 0.4) is 0 Å². The Morgan fingerprint density at radius 2 is 1.82 bits per heavy atom. The third kappa shape index (κ3) is 3.48. The van der Waals surface area contributed by atoms with Crippen LogP contribution >= 0.6 is 0 Å². The summed E-state index contributed by atoms with van der Waals surface area (Å²) < 4.78 is 1.51. The molecule has 1 fully saturated rings. The van der Waals surface area contributed by atoms with Gasteiger partial charge in [0.2, 0.25) is 5.95 Å². The lowest BCUT2D eigenvalue weighted by Crippen LogP contribution is -2.48. The number of piperazine rings is 1. The molecule has 7 nitrogen and oxygen atoms in total. The molecule has 0 spiro atoms. The van der Waals surface area contributed by atoms with Gasteiger partial charge in [0.15, 0.2) is 0 Å². The summed E-state index contributed by atoms with van der Waals surface area (Å²) in [5.74, 6) is 0.797. The van der Waals surface area contributed by atoms with Gasteiger partial charge in [0.25, 0.3) is 5.56 Å². The van der Waals surface area contributed by atoms with E-state index in [2.05, 4.69) is 24.9 Å². The summed E-state index contributed by atoms with van der Waals surface area (Å²) in [6.45, 7) is 7.14. The predicted molar refractivity (Wildman–Crippen MR) is 83.9 cm³/mol. The standard InChI is InChI=1S/C15H20N6O/c1-13-11-16-15(17-12-13)20-8-5-19(6-9-20)7-10-21-14(22)3-2-4-18-21/h2-4,11-12H,5-10H2,1H3. The topological polar surface area (TPSA) is 67.2 Å². The third-order valence-electron chi connectivity index (χ3n) is 3.84. The van der Waals surface area contributed by atoms with E-state index in [1.54, 1.807) is 18.3 Å². The highest BCUT2D eigenvalue weighted by molar-refractivity contribution is 5.30. The van der Waals surface area contributed by atoms with Gasteiger partial charge in [0.1, 0.15) is 0 Å². The number of hydrogen-bond donors (Lipinski definition) is 0. The molecule has 7 heteroatoms. The molecule has 116 valence electrons. The number of rotatable bonds is 4. The third-order valence-corrected chi connectivity index (χ3v) is 3.84. The van der Waals surface area contributed by atoms with Crippen molar-refractivity contribution in [3.05, 3.63) is 46.6 Å². The number of aromatic nitrogens is 4. The molecule has 22 heavy (non-hydrogen) atoms. The zero-order valence-corrected chi connectivity index (χ0v) is 12.7. The second-order valence-corrected chi connectivity index (χ2v) is 5.47. The normalized spacial score (nSPS) is 16.0. The van der Waals surface area contributed by atoms with Crippen LogP contribution in [0.15, 0.2) is 35.5 Å². The minimum absolute atomic E-state index is 0.0470. The second-order valence-electron chi connectivity index (χ2n) is 5.47. The molecule has 0 aliphatic carbocycles. The maximum absolute atomic E-state index is 11.6. The summed E-state index contributed by atoms with van der Waals surface area (Å²) in [6, 6.07) is 3.21. The van der Waals surface area contributed by atoms with Gasteiger partial charge in [-0.1, -0.05) is 0 Å². The lowest BCUT2D eigenvalue weighted by molar-refractivity contribution is 0.241. The van der Waals surface area contributed by atoms with Crippen LogP contribution in [0.25, 0.3) is 0 Å². The summed E-state index contributed by atoms with van der Waals surface area (Å²) in [7, 11) is 0. The molecule has 0 aromatic carbocycles. The quantitative estimate of drug-likeness (QED) is 0.801. The van der Waals surface area contributed by atoms with Crippen LogP contribution in [0.5, 0.6) is 0 Å². The first-order chi connectivity index (χ1) is 10.7. The largest absolute Gasteiger partial charge is 0.338 e. The van der Waals surface area contributed by atoms with Crippen molar-refractivity contribution in [2.75, 3.05) is 37.6 Å². The van der Waals surface area contributed by atoms with E-state index in [1.165, 1.54) is 4.68 Å². The van der Waals surface area contributed by atoms with Gasteiger partial charge < -0.3 is 4.90 Å². The number of hydrogen-bond acceptors (Lipinski definition) is 6. The number of anilines is 1. The van der Waals surface area contributed by atoms with Crippen molar-refractivity contribution in [1.29, 1.82) is 0 Å². The van der Waals surface area contributed by atoms with Gasteiger partial charge >= 0.3 is 0 Å². The predicted octanol–water partition coefficient (Wildman–Crippen LogP) is 0.164. The van der Waals surface area contributed by atoms with Crippen LogP contribution in [-0.4, -0.2) is 57.4 Å². The minimum Gasteiger partial charge on any atom is -0.338 e. The minimum atomic E-state index is -0.0470. The van der Waals surface area contributed by atoms with E-state index in [1.807, 2.05) is 19.3 Å². The zero-order valence-electron chi connectivity index (χ0n) is 12.7. The lowest BCUT2D eigenvalue weighted by atomic mass is 10.3. The summed E-state index contributed by atoms with van der Waals surface area (Å²) in [5, 5.41) is 4.08. The second kappa shape index (κ2) is 6.65. The van der Waals surface area contributed by atoms with Crippen molar-refractivity contribution in [3.63, 3.8) is 0 Å². The fourth-order valence-corrected chi connectivity index (χ4v) is 2.51. The van der Waals surface area contributed by atoms with Crippen LogP contribution < -0.4 is 10.5 Å².